The summed E-state index contributed by atoms with van der Waals surface area (Å²) in [6.45, 7) is 6.80. The summed E-state index contributed by atoms with van der Waals surface area (Å²) in [4.78, 5) is 12.1. The highest BCUT2D eigenvalue weighted by atomic mass is 16.5. The number of aliphatic hydroxyl groups is 1. The van der Waals surface area contributed by atoms with Gasteiger partial charge in [-0.2, -0.15) is 0 Å². The van der Waals surface area contributed by atoms with E-state index in [-0.39, 0.29) is 22.7 Å². The number of rotatable bonds is 1. The topological polar surface area (TPSA) is 46.5 Å². The normalized spacial score (nSPS) is 43.1. The Balaban J connectivity index is 2.37. The van der Waals surface area contributed by atoms with Crippen molar-refractivity contribution in [2.24, 2.45) is 22.7 Å². The SMILES string of the molecule is COC(=O)[C@H]1[C@@H](O)CCC2C(C)(C)CCC[C@@]21C. The number of fused-ring (bicyclic) bond motifs is 1. The van der Waals surface area contributed by atoms with Crippen LogP contribution in [0.1, 0.15) is 52.9 Å². The van der Waals surface area contributed by atoms with E-state index in [0.717, 1.165) is 25.7 Å². The van der Waals surface area contributed by atoms with Crippen molar-refractivity contribution in [3.63, 3.8) is 0 Å². The highest BCUT2D eigenvalue weighted by Gasteiger charge is 2.57. The number of aliphatic hydroxyl groups excluding tert-OH is 1. The molecule has 2 rings (SSSR count). The number of carbonyl (C=O) groups excluding carboxylic acids is 1. The van der Waals surface area contributed by atoms with Crippen LogP contribution in [0.3, 0.4) is 0 Å². The van der Waals surface area contributed by atoms with E-state index >= 15 is 0 Å². The molecule has 0 heterocycles. The Kier molecular flexibility index (Phi) is 3.48. The molecule has 4 atom stereocenters. The van der Waals surface area contributed by atoms with E-state index in [1.165, 1.54) is 13.5 Å². The first-order valence-electron chi connectivity index (χ1n) is 7.09. The lowest BCUT2D eigenvalue weighted by Gasteiger charge is -2.57. The van der Waals surface area contributed by atoms with E-state index in [1.807, 2.05) is 0 Å². The van der Waals surface area contributed by atoms with Crippen molar-refractivity contribution in [2.45, 2.75) is 59.0 Å². The summed E-state index contributed by atoms with van der Waals surface area (Å²) in [6.07, 6.45) is 4.60. The van der Waals surface area contributed by atoms with Gasteiger partial charge in [-0.05, 0) is 42.4 Å². The van der Waals surface area contributed by atoms with Crippen molar-refractivity contribution in [3.05, 3.63) is 0 Å². The molecule has 2 fully saturated rings. The summed E-state index contributed by atoms with van der Waals surface area (Å²) < 4.78 is 4.94. The predicted octanol–water partition coefficient (Wildman–Crippen LogP) is 2.76. The molecule has 0 aliphatic heterocycles. The fourth-order valence-corrected chi connectivity index (χ4v) is 4.76. The van der Waals surface area contributed by atoms with Gasteiger partial charge in [0.1, 0.15) is 0 Å². The number of carbonyl (C=O) groups is 1. The number of esters is 1. The lowest BCUT2D eigenvalue weighted by molar-refractivity contribution is -0.175. The van der Waals surface area contributed by atoms with Gasteiger partial charge >= 0.3 is 5.97 Å². The standard InChI is InChI=1S/C15H26O3/c1-14(2)8-5-9-15(3)11(14)7-6-10(16)12(15)13(17)18-4/h10-12,16H,5-9H2,1-4H3/t10-,11?,12+,15-/m0/s1. The van der Waals surface area contributed by atoms with Crippen LogP contribution in [-0.2, 0) is 9.53 Å². The molecule has 0 aromatic carbocycles. The van der Waals surface area contributed by atoms with Crippen LogP contribution in [0, 0.1) is 22.7 Å². The van der Waals surface area contributed by atoms with Crippen LogP contribution in [0.4, 0.5) is 0 Å². The van der Waals surface area contributed by atoms with E-state index in [9.17, 15) is 9.90 Å². The molecule has 3 nitrogen and oxygen atoms in total. The summed E-state index contributed by atoms with van der Waals surface area (Å²) in [7, 11) is 1.43. The highest BCUT2D eigenvalue weighted by molar-refractivity contribution is 5.74. The fraction of sp³-hybridized carbons (Fsp3) is 0.933. The summed E-state index contributed by atoms with van der Waals surface area (Å²) in [6, 6.07) is 0. The van der Waals surface area contributed by atoms with Gasteiger partial charge in [0.15, 0.2) is 0 Å². The van der Waals surface area contributed by atoms with Crippen LogP contribution >= 0.6 is 0 Å². The Morgan fingerprint density at radius 1 is 1.22 bits per heavy atom. The maximum atomic E-state index is 12.1. The van der Waals surface area contributed by atoms with Gasteiger partial charge in [0.05, 0.1) is 19.1 Å². The molecule has 1 unspecified atom stereocenters. The first-order valence-corrected chi connectivity index (χ1v) is 7.09. The highest BCUT2D eigenvalue weighted by Crippen LogP contribution is 2.59. The third kappa shape index (κ3) is 1.97. The molecule has 0 saturated heterocycles. The van der Waals surface area contributed by atoms with Crippen LogP contribution < -0.4 is 0 Å². The van der Waals surface area contributed by atoms with Crippen LogP contribution in [0.25, 0.3) is 0 Å². The minimum absolute atomic E-state index is 0.105. The summed E-state index contributed by atoms with van der Waals surface area (Å²) in [5, 5.41) is 10.2. The second kappa shape index (κ2) is 4.52. The number of ether oxygens (including phenoxy) is 1. The van der Waals surface area contributed by atoms with Crippen molar-refractivity contribution in [3.8, 4) is 0 Å². The molecule has 0 radical (unpaired) electrons. The molecule has 1 N–H and O–H groups in total. The zero-order valence-corrected chi connectivity index (χ0v) is 12.0. The smallest absolute Gasteiger partial charge is 0.311 e. The average Bonchev–Trinajstić information content (AvgIpc) is 2.26. The van der Waals surface area contributed by atoms with E-state index in [0.29, 0.717) is 5.92 Å². The molecule has 0 aromatic heterocycles. The monoisotopic (exact) mass is 254 g/mol. The maximum Gasteiger partial charge on any atom is 0.311 e. The quantitative estimate of drug-likeness (QED) is 0.732. The first kappa shape index (κ1) is 13.9. The van der Waals surface area contributed by atoms with E-state index in [1.54, 1.807) is 0 Å². The van der Waals surface area contributed by atoms with Crippen LogP contribution in [-0.4, -0.2) is 24.3 Å². The van der Waals surface area contributed by atoms with Gasteiger partial charge in [-0.3, -0.25) is 4.79 Å². The van der Waals surface area contributed by atoms with E-state index in [2.05, 4.69) is 20.8 Å². The van der Waals surface area contributed by atoms with Gasteiger partial charge in [0.2, 0.25) is 0 Å². The molecule has 18 heavy (non-hydrogen) atoms. The van der Waals surface area contributed by atoms with Gasteiger partial charge in [-0.25, -0.2) is 0 Å². The average molecular weight is 254 g/mol. The summed E-state index contributed by atoms with van der Waals surface area (Å²) in [5.74, 6) is -0.0699. The van der Waals surface area contributed by atoms with Crippen molar-refractivity contribution >= 4 is 5.97 Å². The van der Waals surface area contributed by atoms with Crippen LogP contribution in [0.5, 0.6) is 0 Å². The molecule has 0 aromatic rings. The van der Waals surface area contributed by atoms with Crippen molar-refractivity contribution in [1.29, 1.82) is 0 Å². The predicted molar refractivity (Wildman–Crippen MR) is 70.0 cm³/mol. The first-order chi connectivity index (χ1) is 8.33. The molecule has 2 aliphatic carbocycles. The molecule has 0 bridgehead atoms. The van der Waals surface area contributed by atoms with Crippen molar-refractivity contribution < 1.29 is 14.6 Å². The zero-order chi connectivity index (χ0) is 13.6. The molecular weight excluding hydrogens is 228 g/mol. The summed E-state index contributed by atoms with van der Waals surface area (Å²) >= 11 is 0. The minimum Gasteiger partial charge on any atom is -0.469 e. The Labute approximate surface area is 110 Å². The van der Waals surface area contributed by atoms with Gasteiger partial charge in [-0.15, -0.1) is 0 Å². The third-order valence-corrected chi connectivity index (χ3v) is 5.58. The van der Waals surface area contributed by atoms with Gasteiger partial charge in [0.25, 0.3) is 0 Å². The Hall–Kier alpha value is -0.570. The molecule has 0 spiro atoms. The van der Waals surface area contributed by atoms with E-state index in [4.69, 9.17) is 4.74 Å². The molecule has 3 heteroatoms. The largest absolute Gasteiger partial charge is 0.469 e. The molecule has 0 amide bonds. The van der Waals surface area contributed by atoms with Crippen molar-refractivity contribution in [2.75, 3.05) is 7.11 Å². The van der Waals surface area contributed by atoms with Gasteiger partial charge in [0, 0.05) is 0 Å². The number of hydrogen-bond acceptors (Lipinski definition) is 3. The lowest BCUT2D eigenvalue weighted by atomic mass is 9.48. The Morgan fingerprint density at radius 3 is 2.50 bits per heavy atom. The summed E-state index contributed by atoms with van der Waals surface area (Å²) in [5.41, 5.74) is 0.159. The second-order valence-electron chi connectivity index (χ2n) is 7.05. The second-order valence-corrected chi connectivity index (χ2v) is 7.05. The molecule has 2 saturated carbocycles. The Morgan fingerprint density at radius 2 is 1.89 bits per heavy atom. The van der Waals surface area contributed by atoms with Gasteiger partial charge < -0.3 is 9.84 Å². The van der Waals surface area contributed by atoms with Crippen LogP contribution in [0.15, 0.2) is 0 Å². The van der Waals surface area contributed by atoms with Gasteiger partial charge in [-0.1, -0.05) is 27.2 Å². The van der Waals surface area contributed by atoms with Crippen molar-refractivity contribution in [1.82, 2.24) is 0 Å². The van der Waals surface area contributed by atoms with Crippen LogP contribution in [0.2, 0.25) is 0 Å². The van der Waals surface area contributed by atoms with E-state index < -0.39 is 6.10 Å². The molecular formula is C15H26O3. The minimum atomic E-state index is -0.535. The number of hydrogen-bond donors (Lipinski definition) is 1. The lowest BCUT2D eigenvalue weighted by Crippen LogP contribution is -2.55. The Bertz CT molecular complexity index is 337. The molecule has 2 aliphatic rings. The third-order valence-electron chi connectivity index (χ3n) is 5.58. The fourth-order valence-electron chi connectivity index (χ4n) is 4.76. The number of methoxy groups -OCH3 is 1. The molecule has 104 valence electrons. The maximum absolute atomic E-state index is 12.1. The zero-order valence-electron chi connectivity index (χ0n) is 12.0.